The number of carbonyl (C=O) groups is 2. The van der Waals surface area contributed by atoms with Gasteiger partial charge >= 0.3 is 0 Å². The second kappa shape index (κ2) is 11.7. The van der Waals surface area contributed by atoms with Gasteiger partial charge in [-0.1, -0.05) is 67.7 Å². The second-order valence-electron chi connectivity index (χ2n) is 10.0. The standard InChI is InChI=1S/C27H34Br2N2O3/c1-18(26(33)30-22-10-5-6-11-22)31(16-19-8-7-9-21(28)14-19)25(32)17-34-24-13-12-20(15-23(24)29)27(2,3)4/h7-9,12-15,18,22H,5-6,10-11,16-17H2,1-4H3,(H,30,33)/t18-/m0/s1. The number of halogens is 2. The summed E-state index contributed by atoms with van der Waals surface area (Å²) in [6, 6.07) is 13.3. The summed E-state index contributed by atoms with van der Waals surface area (Å²) in [6.45, 7) is 8.41. The molecule has 0 radical (unpaired) electrons. The predicted octanol–water partition coefficient (Wildman–Crippen LogP) is 6.36. The van der Waals surface area contributed by atoms with Crippen molar-refractivity contribution in [2.75, 3.05) is 6.61 Å². The van der Waals surface area contributed by atoms with E-state index in [1.54, 1.807) is 11.8 Å². The van der Waals surface area contributed by atoms with E-state index in [0.717, 1.165) is 40.2 Å². The first-order chi connectivity index (χ1) is 16.0. The zero-order valence-corrected chi connectivity index (χ0v) is 23.5. The zero-order valence-electron chi connectivity index (χ0n) is 20.4. The molecule has 1 aliphatic carbocycles. The summed E-state index contributed by atoms with van der Waals surface area (Å²) in [5, 5.41) is 3.12. The van der Waals surface area contributed by atoms with Gasteiger partial charge in [-0.25, -0.2) is 0 Å². The van der Waals surface area contributed by atoms with Crippen LogP contribution in [-0.4, -0.2) is 35.4 Å². The van der Waals surface area contributed by atoms with Crippen molar-refractivity contribution in [1.29, 1.82) is 0 Å². The Kier molecular flexibility index (Phi) is 9.21. The van der Waals surface area contributed by atoms with Crippen LogP contribution in [0.15, 0.2) is 51.4 Å². The molecule has 0 aromatic heterocycles. The third kappa shape index (κ3) is 7.32. The summed E-state index contributed by atoms with van der Waals surface area (Å²) in [6.07, 6.45) is 4.27. The number of rotatable bonds is 8. The molecule has 3 rings (SSSR count). The van der Waals surface area contributed by atoms with Gasteiger partial charge in [0.15, 0.2) is 6.61 Å². The lowest BCUT2D eigenvalue weighted by molar-refractivity contribution is -0.142. The summed E-state index contributed by atoms with van der Waals surface area (Å²) in [4.78, 5) is 27.9. The lowest BCUT2D eigenvalue weighted by Gasteiger charge is -2.30. The summed E-state index contributed by atoms with van der Waals surface area (Å²) >= 11 is 7.06. The average Bonchev–Trinajstić information content (AvgIpc) is 3.28. The van der Waals surface area contributed by atoms with E-state index < -0.39 is 6.04 Å². The molecule has 5 nitrogen and oxygen atoms in total. The third-order valence-electron chi connectivity index (χ3n) is 6.26. The Bertz CT molecular complexity index is 1010. The van der Waals surface area contributed by atoms with Crippen LogP contribution in [0.5, 0.6) is 5.75 Å². The fourth-order valence-corrected chi connectivity index (χ4v) is 5.05. The van der Waals surface area contributed by atoms with E-state index >= 15 is 0 Å². The Morgan fingerprint density at radius 1 is 1.12 bits per heavy atom. The topological polar surface area (TPSA) is 58.6 Å². The van der Waals surface area contributed by atoms with Gasteiger partial charge in [0.2, 0.25) is 5.91 Å². The lowest BCUT2D eigenvalue weighted by Crippen LogP contribution is -2.50. The highest BCUT2D eigenvalue weighted by atomic mass is 79.9. The zero-order chi connectivity index (χ0) is 24.9. The Hall–Kier alpha value is -1.86. The number of hydrogen-bond donors (Lipinski definition) is 1. The summed E-state index contributed by atoms with van der Waals surface area (Å²) < 4.78 is 7.63. The monoisotopic (exact) mass is 592 g/mol. The van der Waals surface area contributed by atoms with E-state index in [1.807, 2.05) is 42.5 Å². The maximum atomic E-state index is 13.3. The molecule has 0 bridgehead atoms. The van der Waals surface area contributed by atoms with Crippen LogP contribution in [0.25, 0.3) is 0 Å². The van der Waals surface area contributed by atoms with Gasteiger partial charge in [0, 0.05) is 17.1 Å². The van der Waals surface area contributed by atoms with Crippen LogP contribution >= 0.6 is 31.9 Å². The number of carbonyl (C=O) groups excluding carboxylic acids is 2. The van der Waals surface area contributed by atoms with Gasteiger partial charge in [0.1, 0.15) is 11.8 Å². The molecule has 1 N–H and O–H groups in total. The SMILES string of the molecule is C[C@@H](C(=O)NC1CCCC1)N(Cc1cccc(Br)c1)C(=O)COc1ccc(C(C)(C)C)cc1Br. The van der Waals surface area contributed by atoms with E-state index in [-0.39, 0.29) is 29.9 Å². The van der Waals surface area contributed by atoms with Gasteiger partial charge < -0.3 is 15.0 Å². The molecule has 7 heteroatoms. The highest BCUT2D eigenvalue weighted by Gasteiger charge is 2.29. The molecule has 1 aliphatic rings. The highest BCUT2D eigenvalue weighted by Crippen LogP contribution is 2.31. The molecule has 2 aromatic carbocycles. The summed E-state index contributed by atoms with van der Waals surface area (Å²) in [5.74, 6) is 0.249. The van der Waals surface area contributed by atoms with Crippen molar-refractivity contribution in [3.63, 3.8) is 0 Å². The van der Waals surface area contributed by atoms with Crippen molar-refractivity contribution in [3.8, 4) is 5.75 Å². The molecule has 0 saturated heterocycles. The van der Waals surface area contributed by atoms with Crippen molar-refractivity contribution >= 4 is 43.7 Å². The van der Waals surface area contributed by atoms with Crippen LogP contribution in [0.1, 0.15) is 64.5 Å². The van der Waals surface area contributed by atoms with Crippen molar-refractivity contribution in [2.24, 2.45) is 0 Å². The molecule has 184 valence electrons. The third-order valence-corrected chi connectivity index (χ3v) is 7.37. The van der Waals surface area contributed by atoms with Crippen LogP contribution < -0.4 is 10.1 Å². The molecule has 2 aromatic rings. The van der Waals surface area contributed by atoms with Crippen molar-refractivity contribution in [2.45, 2.75) is 77.4 Å². The molecule has 1 atom stereocenters. The molecule has 1 fully saturated rings. The quantitative estimate of drug-likeness (QED) is 0.387. The molecule has 2 amide bonds. The Balaban J connectivity index is 1.73. The van der Waals surface area contributed by atoms with Crippen LogP contribution in [0.4, 0.5) is 0 Å². The van der Waals surface area contributed by atoms with Crippen molar-refractivity contribution in [1.82, 2.24) is 10.2 Å². The fourth-order valence-electron chi connectivity index (χ4n) is 4.11. The minimum atomic E-state index is -0.609. The molecule has 1 saturated carbocycles. The largest absolute Gasteiger partial charge is 0.483 e. The minimum absolute atomic E-state index is 0.0136. The number of ether oxygens (including phenoxy) is 1. The number of nitrogens with one attached hydrogen (secondary N) is 1. The Labute approximate surface area is 219 Å². The van der Waals surface area contributed by atoms with Gasteiger partial charge in [-0.15, -0.1) is 0 Å². The minimum Gasteiger partial charge on any atom is -0.483 e. The smallest absolute Gasteiger partial charge is 0.261 e. The average molecular weight is 594 g/mol. The number of hydrogen-bond acceptors (Lipinski definition) is 3. The summed E-state index contributed by atoms with van der Waals surface area (Å²) in [7, 11) is 0. The highest BCUT2D eigenvalue weighted by molar-refractivity contribution is 9.10. The molecule has 0 heterocycles. The Morgan fingerprint density at radius 3 is 2.44 bits per heavy atom. The number of benzene rings is 2. The molecule has 0 spiro atoms. The van der Waals surface area contributed by atoms with Crippen LogP contribution in [0.3, 0.4) is 0 Å². The van der Waals surface area contributed by atoms with Crippen LogP contribution in [0, 0.1) is 0 Å². The van der Waals surface area contributed by atoms with Crippen molar-refractivity contribution in [3.05, 3.63) is 62.5 Å². The lowest BCUT2D eigenvalue weighted by atomic mass is 9.87. The maximum Gasteiger partial charge on any atom is 0.261 e. The first kappa shape index (κ1) is 26.7. The van der Waals surface area contributed by atoms with Crippen LogP contribution in [0.2, 0.25) is 0 Å². The number of amides is 2. The summed E-state index contributed by atoms with van der Waals surface area (Å²) in [5.41, 5.74) is 2.13. The fraction of sp³-hybridized carbons (Fsp3) is 0.481. The van der Waals surface area contributed by atoms with Gasteiger partial charge in [-0.05, 0) is 76.5 Å². The maximum absolute atomic E-state index is 13.3. The number of nitrogens with zero attached hydrogens (tertiary/aromatic N) is 1. The predicted molar refractivity (Wildman–Crippen MR) is 143 cm³/mol. The van der Waals surface area contributed by atoms with E-state index in [9.17, 15) is 9.59 Å². The van der Waals surface area contributed by atoms with E-state index in [4.69, 9.17) is 4.74 Å². The molecular weight excluding hydrogens is 560 g/mol. The van der Waals surface area contributed by atoms with E-state index in [1.165, 1.54) is 5.56 Å². The van der Waals surface area contributed by atoms with Gasteiger partial charge in [0.25, 0.3) is 5.91 Å². The van der Waals surface area contributed by atoms with Crippen LogP contribution in [-0.2, 0) is 21.5 Å². The first-order valence-electron chi connectivity index (χ1n) is 11.8. The molecule has 0 aliphatic heterocycles. The molecule has 34 heavy (non-hydrogen) atoms. The van der Waals surface area contributed by atoms with E-state index in [2.05, 4.69) is 57.9 Å². The van der Waals surface area contributed by atoms with Gasteiger partial charge in [0.05, 0.1) is 4.47 Å². The van der Waals surface area contributed by atoms with Crippen molar-refractivity contribution < 1.29 is 14.3 Å². The normalized spacial score (nSPS) is 15.1. The molecular formula is C27H34Br2N2O3. The van der Waals surface area contributed by atoms with Gasteiger partial charge in [-0.3, -0.25) is 9.59 Å². The van der Waals surface area contributed by atoms with E-state index in [0.29, 0.717) is 12.3 Å². The first-order valence-corrected chi connectivity index (χ1v) is 13.4. The molecule has 0 unspecified atom stereocenters. The second-order valence-corrected chi connectivity index (χ2v) is 11.8. The Morgan fingerprint density at radius 2 is 1.82 bits per heavy atom. The van der Waals surface area contributed by atoms with Gasteiger partial charge in [-0.2, -0.15) is 0 Å².